The highest BCUT2D eigenvalue weighted by Gasteiger charge is 2.23. The highest BCUT2D eigenvalue weighted by Crippen LogP contribution is 2.19. The van der Waals surface area contributed by atoms with Crippen LogP contribution in [-0.2, 0) is 14.3 Å². The van der Waals surface area contributed by atoms with Crippen molar-refractivity contribution in [3.05, 3.63) is 48.3 Å². The molecular formula is C20H24N4O3S. The van der Waals surface area contributed by atoms with Crippen molar-refractivity contribution in [3.63, 3.8) is 0 Å². The summed E-state index contributed by atoms with van der Waals surface area (Å²) in [6.45, 7) is 4.30. The summed E-state index contributed by atoms with van der Waals surface area (Å²) in [4.78, 5) is 37.5. The van der Waals surface area contributed by atoms with E-state index >= 15 is 0 Å². The molecule has 0 spiro atoms. The second-order valence-corrected chi connectivity index (χ2v) is 7.66. The highest BCUT2D eigenvalue weighted by molar-refractivity contribution is 7.99. The lowest BCUT2D eigenvalue weighted by atomic mass is 10.2. The van der Waals surface area contributed by atoms with Crippen molar-refractivity contribution in [2.75, 3.05) is 43.4 Å². The number of carbonyl (C=O) groups excluding carboxylic acids is 2. The second kappa shape index (κ2) is 10.1. The van der Waals surface area contributed by atoms with E-state index in [0.717, 1.165) is 4.90 Å². The summed E-state index contributed by atoms with van der Waals surface area (Å²) >= 11 is 1.60. The Hall–Kier alpha value is -2.61. The number of benzene rings is 1. The van der Waals surface area contributed by atoms with Gasteiger partial charge in [0, 0.05) is 49.2 Å². The van der Waals surface area contributed by atoms with Crippen molar-refractivity contribution in [2.45, 2.75) is 18.2 Å². The molecule has 0 aliphatic carbocycles. The Morgan fingerprint density at radius 3 is 2.43 bits per heavy atom. The molecule has 1 aliphatic heterocycles. The molecule has 0 bridgehead atoms. The molecule has 7 nitrogen and oxygen atoms in total. The topological polar surface area (TPSA) is 75.6 Å². The van der Waals surface area contributed by atoms with Crippen molar-refractivity contribution < 1.29 is 14.3 Å². The Morgan fingerprint density at radius 1 is 1.07 bits per heavy atom. The van der Waals surface area contributed by atoms with Gasteiger partial charge in [0.25, 0.3) is 5.91 Å². The van der Waals surface area contributed by atoms with Crippen LogP contribution in [0.5, 0.6) is 0 Å². The fourth-order valence-corrected chi connectivity index (χ4v) is 3.64. The third-order valence-corrected chi connectivity index (χ3v) is 5.43. The fourth-order valence-electron chi connectivity index (χ4n) is 2.80. The number of anilines is 1. The number of hydrogen-bond acceptors (Lipinski definition) is 7. The van der Waals surface area contributed by atoms with Crippen LogP contribution in [0.4, 0.5) is 5.95 Å². The minimum atomic E-state index is -0.343. The smallest absolute Gasteiger partial charge is 0.307 e. The zero-order valence-corrected chi connectivity index (χ0v) is 16.7. The van der Waals surface area contributed by atoms with Gasteiger partial charge in [0.1, 0.15) is 0 Å². The molecular weight excluding hydrogens is 376 g/mol. The number of amides is 1. The van der Waals surface area contributed by atoms with Gasteiger partial charge in [-0.15, -0.1) is 11.8 Å². The number of aryl methyl sites for hydroxylation is 1. The number of piperazine rings is 1. The van der Waals surface area contributed by atoms with E-state index in [0.29, 0.717) is 37.9 Å². The number of rotatable bonds is 7. The molecule has 28 heavy (non-hydrogen) atoms. The SMILES string of the molecule is Cc1ccc(SCCC(=O)OCC(=O)N2CCN(c3ncccn3)CC2)cc1. The van der Waals surface area contributed by atoms with E-state index in [9.17, 15) is 9.59 Å². The van der Waals surface area contributed by atoms with Crippen LogP contribution in [-0.4, -0.2) is 65.3 Å². The molecule has 1 aromatic carbocycles. The van der Waals surface area contributed by atoms with Crippen molar-refractivity contribution in [1.29, 1.82) is 0 Å². The van der Waals surface area contributed by atoms with Gasteiger partial charge in [-0.25, -0.2) is 9.97 Å². The third-order valence-electron chi connectivity index (χ3n) is 4.42. The van der Waals surface area contributed by atoms with Gasteiger partial charge in [0.15, 0.2) is 6.61 Å². The van der Waals surface area contributed by atoms with Crippen LogP contribution in [0.15, 0.2) is 47.6 Å². The second-order valence-electron chi connectivity index (χ2n) is 6.49. The summed E-state index contributed by atoms with van der Waals surface area (Å²) in [5.74, 6) is 0.802. The zero-order chi connectivity index (χ0) is 19.8. The van der Waals surface area contributed by atoms with Gasteiger partial charge < -0.3 is 14.5 Å². The van der Waals surface area contributed by atoms with E-state index in [1.54, 1.807) is 35.1 Å². The van der Waals surface area contributed by atoms with Gasteiger partial charge in [-0.3, -0.25) is 9.59 Å². The van der Waals surface area contributed by atoms with E-state index in [2.05, 4.69) is 9.97 Å². The van der Waals surface area contributed by atoms with Crippen molar-refractivity contribution >= 4 is 29.6 Å². The molecule has 2 aromatic rings. The van der Waals surface area contributed by atoms with Gasteiger partial charge in [0.05, 0.1) is 6.42 Å². The number of hydrogen-bond donors (Lipinski definition) is 0. The molecule has 1 amide bonds. The lowest BCUT2D eigenvalue weighted by Gasteiger charge is -2.34. The first-order valence-corrected chi connectivity index (χ1v) is 10.3. The van der Waals surface area contributed by atoms with Crippen molar-refractivity contribution in [1.82, 2.24) is 14.9 Å². The lowest BCUT2D eigenvalue weighted by Crippen LogP contribution is -2.50. The van der Waals surface area contributed by atoms with E-state index in [4.69, 9.17) is 4.74 Å². The molecule has 0 saturated carbocycles. The average molecular weight is 401 g/mol. The summed E-state index contributed by atoms with van der Waals surface area (Å²) in [5, 5.41) is 0. The number of ether oxygens (including phenoxy) is 1. The van der Waals surface area contributed by atoms with Crippen LogP contribution in [0.1, 0.15) is 12.0 Å². The van der Waals surface area contributed by atoms with Crippen LogP contribution in [0, 0.1) is 6.92 Å². The summed E-state index contributed by atoms with van der Waals surface area (Å²) in [5.41, 5.74) is 1.21. The number of carbonyl (C=O) groups is 2. The first kappa shape index (κ1) is 20.1. The Labute approximate surface area is 169 Å². The number of esters is 1. The highest BCUT2D eigenvalue weighted by atomic mass is 32.2. The molecule has 1 aliphatic rings. The summed E-state index contributed by atoms with van der Waals surface area (Å²) in [6.07, 6.45) is 3.69. The first-order valence-electron chi connectivity index (χ1n) is 9.26. The predicted molar refractivity (Wildman–Crippen MR) is 108 cm³/mol. The monoisotopic (exact) mass is 400 g/mol. The number of aromatic nitrogens is 2. The Morgan fingerprint density at radius 2 is 1.75 bits per heavy atom. The van der Waals surface area contributed by atoms with Gasteiger partial charge in [-0.2, -0.15) is 0 Å². The van der Waals surface area contributed by atoms with Crippen LogP contribution in [0.2, 0.25) is 0 Å². The van der Waals surface area contributed by atoms with E-state index in [1.165, 1.54) is 5.56 Å². The minimum absolute atomic E-state index is 0.159. The predicted octanol–water partition coefficient (Wildman–Crippen LogP) is 2.16. The molecule has 0 atom stereocenters. The van der Waals surface area contributed by atoms with E-state index in [-0.39, 0.29) is 24.9 Å². The molecule has 148 valence electrons. The van der Waals surface area contributed by atoms with Crippen LogP contribution >= 0.6 is 11.8 Å². The largest absolute Gasteiger partial charge is 0.456 e. The molecule has 0 radical (unpaired) electrons. The van der Waals surface area contributed by atoms with Crippen LogP contribution in [0.3, 0.4) is 0 Å². The molecule has 0 unspecified atom stereocenters. The summed E-state index contributed by atoms with van der Waals surface area (Å²) in [6, 6.07) is 9.94. The van der Waals surface area contributed by atoms with E-state index < -0.39 is 0 Å². The zero-order valence-electron chi connectivity index (χ0n) is 15.9. The van der Waals surface area contributed by atoms with Gasteiger partial charge >= 0.3 is 5.97 Å². The first-order chi connectivity index (χ1) is 13.6. The van der Waals surface area contributed by atoms with Gasteiger partial charge in [0.2, 0.25) is 5.95 Å². The quantitative estimate of drug-likeness (QED) is 0.521. The minimum Gasteiger partial charge on any atom is -0.456 e. The normalized spacial score (nSPS) is 14.0. The molecule has 2 heterocycles. The lowest BCUT2D eigenvalue weighted by molar-refractivity contribution is -0.151. The van der Waals surface area contributed by atoms with Crippen LogP contribution in [0.25, 0.3) is 0 Å². The number of thioether (sulfide) groups is 1. The standard InChI is InChI=1S/C20H24N4O3S/c1-16-3-5-17(6-4-16)28-14-7-19(26)27-15-18(25)23-10-12-24(13-11-23)20-21-8-2-9-22-20/h2-6,8-9H,7,10-15H2,1H3. The van der Waals surface area contributed by atoms with Crippen molar-refractivity contribution in [3.8, 4) is 0 Å². The molecule has 1 fully saturated rings. The molecule has 0 N–H and O–H groups in total. The Bertz CT molecular complexity index is 778. The molecule has 1 saturated heterocycles. The average Bonchev–Trinajstić information content (AvgIpc) is 2.74. The maximum absolute atomic E-state index is 12.3. The number of nitrogens with zero attached hydrogens (tertiary/aromatic N) is 4. The summed E-state index contributed by atoms with van der Waals surface area (Å²) < 4.78 is 5.14. The van der Waals surface area contributed by atoms with Gasteiger partial charge in [-0.05, 0) is 25.1 Å². The third kappa shape index (κ3) is 5.95. The van der Waals surface area contributed by atoms with Gasteiger partial charge in [-0.1, -0.05) is 17.7 Å². The fraction of sp³-hybridized carbons (Fsp3) is 0.400. The molecule has 3 rings (SSSR count). The maximum atomic E-state index is 12.3. The molecule has 8 heteroatoms. The summed E-state index contributed by atoms with van der Waals surface area (Å²) in [7, 11) is 0. The maximum Gasteiger partial charge on any atom is 0.307 e. The van der Waals surface area contributed by atoms with Crippen LogP contribution < -0.4 is 4.90 Å². The Kier molecular flexibility index (Phi) is 7.25. The van der Waals surface area contributed by atoms with Crippen molar-refractivity contribution in [2.24, 2.45) is 0 Å². The Balaban J connectivity index is 1.33. The van der Waals surface area contributed by atoms with E-state index in [1.807, 2.05) is 36.1 Å². The molecule has 1 aromatic heterocycles.